The van der Waals surface area contributed by atoms with Gasteiger partial charge in [0.2, 0.25) is 5.91 Å². The zero-order valence-electron chi connectivity index (χ0n) is 16.4. The molecule has 1 saturated heterocycles. The third-order valence-electron chi connectivity index (χ3n) is 6.09. The van der Waals surface area contributed by atoms with Crippen molar-refractivity contribution in [3.8, 4) is 0 Å². The Bertz CT molecular complexity index is 1040. The van der Waals surface area contributed by atoms with Crippen molar-refractivity contribution in [2.75, 3.05) is 6.54 Å². The largest absolute Gasteiger partial charge is 0.476 e. The average molecular weight is 383 g/mol. The van der Waals surface area contributed by atoms with Crippen molar-refractivity contribution in [3.63, 3.8) is 0 Å². The van der Waals surface area contributed by atoms with E-state index in [4.69, 9.17) is 0 Å². The van der Waals surface area contributed by atoms with E-state index in [9.17, 15) is 19.5 Å². The Morgan fingerprint density at radius 3 is 2.54 bits per heavy atom. The molecular formula is C21H25N3O4. The number of carbonyl (C=O) groups excluding carboxylic acids is 1. The molecule has 1 aliphatic heterocycles. The van der Waals surface area contributed by atoms with Crippen LogP contribution in [0.15, 0.2) is 29.1 Å². The molecule has 2 aliphatic rings. The van der Waals surface area contributed by atoms with Gasteiger partial charge in [0.05, 0.1) is 5.39 Å². The van der Waals surface area contributed by atoms with E-state index >= 15 is 0 Å². The second-order valence-electron chi connectivity index (χ2n) is 9.40. The Balaban J connectivity index is 1.68. The Morgan fingerprint density at radius 1 is 1.18 bits per heavy atom. The normalized spacial score (nSPS) is 25.8. The van der Waals surface area contributed by atoms with Crippen molar-refractivity contribution in [2.24, 2.45) is 10.8 Å². The molecule has 2 bridgehead atoms. The number of carboxylic acid groups (broad SMARTS) is 1. The summed E-state index contributed by atoms with van der Waals surface area (Å²) in [5, 5.41) is 14.0. The fraction of sp³-hybridized carbons (Fsp3) is 0.524. The molecule has 7 nitrogen and oxygen atoms in total. The van der Waals surface area contributed by atoms with Gasteiger partial charge < -0.3 is 10.0 Å². The number of nitrogens with zero attached hydrogens (tertiary/aromatic N) is 3. The van der Waals surface area contributed by atoms with Crippen molar-refractivity contribution in [1.82, 2.24) is 14.7 Å². The molecule has 1 N–H and O–H groups in total. The summed E-state index contributed by atoms with van der Waals surface area (Å²) in [6, 6.07) is 6.63. The van der Waals surface area contributed by atoms with E-state index in [1.54, 1.807) is 24.3 Å². The molecule has 1 aromatic heterocycles. The highest BCUT2D eigenvalue weighted by molar-refractivity contribution is 6.01. The van der Waals surface area contributed by atoms with E-state index in [0.29, 0.717) is 6.54 Å². The summed E-state index contributed by atoms with van der Waals surface area (Å²) >= 11 is 0. The summed E-state index contributed by atoms with van der Waals surface area (Å²) in [4.78, 5) is 39.3. The van der Waals surface area contributed by atoms with Gasteiger partial charge in [-0.25, -0.2) is 9.48 Å². The van der Waals surface area contributed by atoms with E-state index in [0.717, 1.165) is 23.9 Å². The predicted molar refractivity (Wildman–Crippen MR) is 104 cm³/mol. The number of rotatable bonds is 3. The van der Waals surface area contributed by atoms with E-state index in [2.05, 4.69) is 25.9 Å². The number of benzene rings is 1. The first kappa shape index (κ1) is 18.7. The first-order valence-electron chi connectivity index (χ1n) is 9.61. The Kier molecular flexibility index (Phi) is 4.10. The number of aromatic nitrogens is 2. The lowest BCUT2D eigenvalue weighted by molar-refractivity contribution is -0.133. The summed E-state index contributed by atoms with van der Waals surface area (Å²) in [6.45, 7) is 7.13. The van der Waals surface area contributed by atoms with Crippen LogP contribution in [0.4, 0.5) is 0 Å². The van der Waals surface area contributed by atoms with Gasteiger partial charge in [0.25, 0.3) is 5.56 Å². The standard InChI is InChI=1S/C21H25N3O4/c1-20(2)8-13-9-21(3,11-20)12-23(13)16(25)10-24-18(26)15-7-5-4-6-14(15)17(22-24)19(27)28/h4-7,13H,8-12H2,1-3H3,(H,27,28)/t13-,21-/m1/s1. The van der Waals surface area contributed by atoms with Crippen LogP contribution in [0, 0.1) is 10.8 Å². The molecule has 2 fully saturated rings. The molecular weight excluding hydrogens is 358 g/mol. The number of fused-ring (bicyclic) bond motifs is 3. The maximum absolute atomic E-state index is 13.1. The first-order chi connectivity index (χ1) is 13.1. The molecule has 2 aromatic rings. The highest BCUT2D eigenvalue weighted by atomic mass is 16.4. The Morgan fingerprint density at radius 2 is 1.86 bits per heavy atom. The van der Waals surface area contributed by atoms with Gasteiger partial charge in [-0.15, -0.1) is 0 Å². The molecule has 1 amide bonds. The highest BCUT2D eigenvalue weighted by Gasteiger charge is 2.50. The fourth-order valence-corrected chi connectivity index (χ4v) is 5.47. The van der Waals surface area contributed by atoms with Gasteiger partial charge in [-0.2, -0.15) is 5.10 Å². The average Bonchev–Trinajstić information content (AvgIpc) is 2.86. The van der Waals surface area contributed by atoms with Crippen molar-refractivity contribution in [2.45, 2.75) is 52.6 Å². The number of aromatic carboxylic acids is 1. The van der Waals surface area contributed by atoms with Crippen molar-refractivity contribution < 1.29 is 14.7 Å². The maximum Gasteiger partial charge on any atom is 0.357 e. The van der Waals surface area contributed by atoms with Gasteiger partial charge >= 0.3 is 5.97 Å². The molecule has 148 valence electrons. The lowest BCUT2D eigenvalue weighted by Gasteiger charge is -2.39. The predicted octanol–water partition coefficient (Wildman–Crippen LogP) is 2.52. The maximum atomic E-state index is 13.1. The zero-order valence-corrected chi connectivity index (χ0v) is 16.4. The third kappa shape index (κ3) is 3.08. The van der Waals surface area contributed by atoms with Crippen LogP contribution >= 0.6 is 0 Å². The zero-order chi connectivity index (χ0) is 20.3. The molecule has 4 rings (SSSR count). The number of carboxylic acids is 1. The summed E-state index contributed by atoms with van der Waals surface area (Å²) in [5.74, 6) is -1.39. The quantitative estimate of drug-likeness (QED) is 0.879. The molecule has 0 spiro atoms. The first-order valence-corrected chi connectivity index (χ1v) is 9.61. The van der Waals surface area contributed by atoms with Crippen molar-refractivity contribution in [3.05, 3.63) is 40.3 Å². The van der Waals surface area contributed by atoms with Crippen LogP contribution in [-0.2, 0) is 11.3 Å². The van der Waals surface area contributed by atoms with E-state index in [1.165, 1.54) is 0 Å². The number of carbonyl (C=O) groups is 2. The minimum atomic E-state index is -1.22. The third-order valence-corrected chi connectivity index (χ3v) is 6.09. The molecule has 7 heteroatoms. The van der Waals surface area contributed by atoms with Crippen LogP contribution < -0.4 is 5.56 Å². The van der Waals surface area contributed by atoms with Crippen LogP contribution in [-0.4, -0.2) is 44.3 Å². The van der Waals surface area contributed by atoms with Gasteiger partial charge in [-0.1, -0.05) is 39.0 Å². The minimum absolute atomic E-state index is 0.0933. The molecule has 1 aliphatic carbocycles. The number of likely N-dealkylation sites (tertiary alicyclic amines) is 1. The van der Waals surface area contributed by atoms with Crippen LogP contribution in [0.1, 0.15) is 50.5 Å². The molecule has 0 radical (unpaired) electrons. The van der Waals surface area contributed by atoms with Crippen LogP contribution in [0.2, 0.25) is 0 Å². The topological polar surface area (TPSA) is 92.5 Å². The summed E-state index contributed by atoms with van der Waals surface area (Å²) in [7, 11) is 0. The molecule has 1 aromatic carbocycles. The van der Waals surface area contributed by atoms with Gasteiger partial charge in [0.15, 0.2) is 5.69 Å². The molecule has 28 heavy (non-hydrogen) atoms. The van der Waals surface area contributed by atoms with Gasteiger partial charge in [0, 0.05) is 18.0 Å². The summed E-state index contributed by atoms with van der Waals surface area (Å²) in [5.41, 5.74) is -0.379. The summed E-state index contributed by atoms with van der Waals surface area (Å²) in [6.07, 6.45) is 2.98. The van der Waals surface area contributed by atoms with E-state index in [-0.39, 0.29) is 45.8 Å². The lowest BCUT2D eigenvalue weighted by atomic mass is 9.65. The minimum Gasteiger partial charge on any atom is -0.476 e. The monoisotopic (exact) mass is 383 g/mol. The molecule has 0 unspecified atom stereocenters. The Hall–Kier alpha value is -2.70. The SMILES string of the molecule is CC1(C)C[C@@H]2C[C@@](C)(CN2C(=O)Cn2nc(C(=O)O)c3ccccc3c2=O)C1. The van der Waals surface area contributed by atoms with Crippen molar-refractivity contribution >= 4 is 22.6 Å². The highest BCUT2D eigenvalue weighted by Crippen LogP contribution is 2.52. The second kappa shape index (κ2) is 6.15. The number of hydrogen-bond donors (Lipinski definition) is 1. The van der Waals surface area contributed by atoms with Crippen LogP contribution in [0.5, 0.6) is 0 Å². The van der Waals surface area contributed by atoms with Crippen LogP contribution in [0.3, 0.4) is 0 Å². The van der Waals surface area contributed by atoms with E-state index < -0.39 is 11.5 Å². The van der Waals surface area contributed by atoms with Gasteiger partial charge in [0.1, 0.15) is 6.54 Å². The fourth-order valence-electron chi connectivity index (χ4n) is 5.47. The summed E-state index contributed by atoms with van der Waals surface area (Å²) < 4.78 is 1.00. The van der Waals surface area contributed by atoms with Crippen LogP contribution in [0.25, 0.3) is 10.8 Å². The lowest BCUT2D eigenvalue weighted by Crippen LogP contribution is -2.41. The number of amides is 1. The van der Waals surface area contributed by atoms with Crippen molar-refractivity contribution in [1.29, 1.82) is 0 Å². The molecule has 2 heterocycles. The van der Waals surface area contributed by atoms with E-state index in [1.807, 2.05) is 4.90 Å². The second-order valence-corrected chi connectivity index (χ2v) is 9.40. The smallest absolute Gasteiger partial charge is 0.357 e. The molecule has 1 saturated carbocycles. The molecule has 2 atom stereocenters. The Labute approximate surface area is 163 Å². The van der Waals surface area contributed by atoms with Gasteiger partial charge in [-0.05, 0) is 36.2 Å². The van der Waals surface area contributed by atoms with Gasteiger partial charge in [-0.3, -0.25) is 9.59 Å². The number of hydrogen-bond acceptors (Lipinski definition) is 4.